The topological polar surface area (TPSA) is 54.4 Å². The van der Waals surface area contributed by atoms with Gasteiger partial charge in [-0.25, -0.2) is 0 Å². The lowest BCUT2D eigenvalue weighted by Crippen LogP contribution is -2.07. The van der Waals surface area contributed by atoms with Crippen LogP contribution in [0.3, 0.4) is 0 Å². The minimum absolute atomic E-state index is 0.435. The zero-order chi connectivity index (χ0) is 7.28. The number of Topliss-reactive ketones (excluding diaryl/α,β-unsaturated/α-hetero) is 1. The van der Waals surface area contributed by atoms with Crippen LogP contribution in [-0.2, 0) is 9.59 Å². The van der Waals surface area contributed by atoms with Gasteiger partial charge in [0.25, 0.3) is 5.97 Å². The molecule has 1 saturated carbocycles. The molecule has 0 spiro atoms. The summed E-state index contributed by atoms with van der Waals surface area (Å²) in [7, 11) is 0. The summed E-state index contributed by atoms with van der Waals surface area (Å²) in [4.78, 5) is 18.9. The van der Waals surface area contributed by atoms with E-state index < -0.39 is 5.97 Å². The van der Waals surface area contributed by atoms with Crippen molar-refractivity contribution in [2.75, 3.05) is 0 Å². The first kappa shape index (κ1) is 8.14. The molecule has 1 N–H and O–H groups in total. The van der Waals surface area contributed by atoms with Crippen LogP contribution in [0.1, 0.15) is 26.2 Å². The highest BCUT2D eigenvalue weighted by molar-refractivity contribution is 5.83. The van der Waals surface area contributed by atoms with Crippen LogP contribution in [-0.4, -0.2) is 16.9 Å². The van der Waals surface area contributed by atoms with Crippen molar-refractivity contribution in [3.8, 4) is 0 Å². The fourth-order valence-electron chi connectivity index (χ4n) is 0.321. The van der Waals surface area contributed by atoms with Crippen molar-refractivity contribution in [3.05, 3.63) is 0 Å². The SMILES string of the molecule is CC(=O)O.O=C1CCC1. The van der Waals surface area contributed by atoms with Crippen LogP contribution in [0, 0.1) is 0 Å². The van der Waals surface area contributed by atoms with Gasteiger partial charge >= 0.3 is 0 Å². The molecule has 0 heterocycles. The van der Waals surface area contributed by atoms with Crippen LogP contribution >= 0.6 is 0 Å². The van der Waals surface area contributed by atoms with Crippen LogP contribution in [0.25, 0.3) is 0 Å². The summed E-state index contributed by atoms with van der Waals surface area (Å²) >= 11 is 0. The van der Waals surface area contributed by atoms with Gasteiger partial charge in [0.2, 0.25) is 0 Å². The van der Waals surface area contributed by atoms with E-state index in [0.29, 0.717) is 5.78 Å². The van der Waals surface area contributed by atoms with Gasteiger partial charge in [-0.3, -0.25) is 9.59 Å². The Kier molecular flexibility index (Phi) is 3.67. The van der Waals surface area contributed by atoms with E-state index >= 15 is 0 Å². The van der Waals surface area contributed by atoms with Gasteiger partial charge in [-0.1, -0.05) is 0 Å². The maximum Gasteiger partial charge on any atom is 0.300 e. The van der Waals surface area contributed by atoms with Crippen LogP contribution in [0.2, 0.25) is 0 Å². The van der Waals surface area contributed by atoms with E-state index in [1.54, 1.807) is 0 Å². The molecule has 0 radical (unpaired) electrons. The van der Waals surface area contributed by atoms with Gasteiger partial charge < -0.3 is 5.11 Å². The molecule has 0 aliphatic heterocycles. The summed E-state index contributed by atoms with van der Waals surface area (Å²) in [6.07, 6.45) is 2.83. The number of rotatable bonds is 0. The van der Waals surface area contributed by atoms with Crippen LogP contribution < -0.4 is 0 Å². The standard InChI is InChI=1S/C4H6O.C2H4O2/c5-4-2-1-3-4;1-2(3)4/h1-3H2;1H3,(H,3,4). The van der Waals surface area contributed by atoms with E-state index in [9.17, 15) is 4.79 Å². The smallest absolute Gasteiger partial charge is 0.300 e. The fourth-order valence-corrected chi connectivity index (χ4v) is 0.321. The van der Waals surface area contributed by atoms with E-state index in [-0.39, 0.29) is 0 Å². The molecule has 52 valence electrons. The van der Waals surface area contributed by atoms with Crippen LogP contribution in [0.4, 0.5) is 0 Å². The average molecular weight is 130 g/mol. The predicted octanol–water partition coefficient (Wildman–Crippen LogP) is 0.830. The number of hydrogen-bond acceptors (Lipinski definition) is 2. The van der Waals surface area contributed by atoms with Crippen molar-refractivity contribution in [1.29, 1.82) is 0 Å². The third-order valence-electron chi connectivity index (χ3n) is 0.911. The largest absolute Gasteiger partial charge is 0.481 e. The molecule has 1 aliphatic rings. The molecular formula is C6H10O3. The monoisotopic (exact) mass is 130 g/mol. The van der Waals surface area contributed by atoms with Gasteiger partial charge in [0.05, 0.1) is 0 Å². The van der Waals surface area contributed by atoms with Gasteiger partial charge in [0.1, 0.15) is 5.78 Å². The first-order chi connectivity index (χ1) is 4.13. The predicted molar refractivity (Wildman–Crippen MR) is 32.2 cm³/mol. The van der Waals surface area contributed by atoms with Crippen LogP contribution in [0.5, 0.6) is 0 Å². The van der Waals surface area contributed by atoms with Crippen molar-refractivity contribution < 1.29 is 14.7 Å². The quantitative estimate of drug-likeness (QED) is 0.528. The van der Waals surface area contributed by atoms with Gasteiger partial charge in [-0.05, 0) is 6.42 Å². The summed E-state index contributed by atoms with van der Waals surface area (Å²) < 4.78 is 0. The van der Waals surface area contributed by atoms with Crippen molar-refractivity contribution in [1.82, 2.24) is 0 Å². The molecular weight excluding hydrogens is 120 g/mol. The van der Waals surface area contributed by atoms with Crippen molar-refractivity contribution in [2.45, 2.75) is 26.2 Å². The van der Waals surface area contributed by atoms with E-state index in [2.05, 4.69) is 0 Å². The molecule has 1 fully saturated rings. The summed E-state index contributed by atoms with van der Waals surface area (Å²) in [6.45, 7) is 1.08. The Bertz CT molecular complexity index is 107. The number of carbonyl (C=O) groups excluding carboxylic acids is 1. The molecule has 1 aliphatic carbocycles. The Morgan fingerprint density at radius 2 is 1.78 bits per heavy atom. The van der Waals surface area contributed by atoms with Gasteiger partial charge in [0, 0.05) is 19.8 Å². The first-order valence-electron chi connectivity index (χ1n) is 2.84. The third kappa shape index (κ3) is 7.14. The lowest BCUT2D eigenvalue weighted by atomic mass is 9.99. The number of hydrogen-bond donors (Lipinski definition) is 1. The van der Waals surface area contributed by atoms with Gasteiger partial charge in [0.15, 0.2) is 0 Å². The van der Waals surface area contributed by atoms with E-state index in [4.69, 9.17) is 9.90 Å². The second-order valence-electron chi connectivity index (χ2n) is 1.91. The molecule has 9 heavy (non-hydrogen) atoms. The van der Waals surface area contributed by atoms with E-state index in [1.165, 1.54) is 0 Å². The van der Waals surface area contributed by atoms with Crippen molar-refractivity contribution in [2.24, 2.45) is 0 Å². The van der Waals surface area contributed by atoms with E-state index in [1.807, 2.05) is 0 Å². The molecule has 0 aromatic carbocycles. The van der Waals surface area contributed by atoms with Crippen molar-refractivity contribution >= 4 is 11.8 Å². The number of carboxylic acids is 1. The zero-order valence-corrected chi connectivity index (χ0v) is 5.39. The molecule has 0 atom stereocenters. The Balaban J connectivity index is 0.000000148. The maximum atomic E-state index is 9.90. The molecule has 0 aromatic rings. The minimum Gasteiger partial charge on any atom is -0.481 e. The second-order valence-corrected chi connectivity index (χ2v) is 1.91. The number of carboxylic acid groups (broad SMARTS) is 1. The molecule has 3 heteroatoms. The first-order valence-corrected chi connectivity index (χ1v) is 2.84. The highest BCUT2D eigenvalue weighted by Gasteiger charge is 2.09. The van der Waals surface area contributed by atoms with Crippen molar-refractivity contribution in [3.63, 3.8) is 0 Å². The Labute approximate surface area is 53.7 Å². The highest BCUT2D eigenvalue weighted by Crippen LogP contribution is 2.10. The molecule has 0 unspecified atom stereocenters. The lowest BCUT2D eigenvalue weighted by molar-refractivity contribution is -0.134. The Hall–Kier alpha value is -0.860. The Morgan fingerprint density at radius 1 is 1.56 bits per heavy atom. The molecule has 0 amide bonds. The maximum absolute atomic E-state index is 9.90. The lowest BCUT2D eigenvalue weighted by Gasteiger charge is -2.05. The fraction of sp³-hybridized carbons (Fsp3) is 0.667. The molecule has 0 bridgehead atoms. The molecule has 3 nitrogen and oxygen atoms in total. The van der Waals surface area contributed by atoms with Gasteiger partial charge in [-0.15, -0.1) is 0 Å². The molecule has 1 rings (SSSR count). The van der Waals surface area contributed by atoms with Gasteiger partial charge in [-0.2, -0.15) is 0 Å². The summed E-state index contributed by atoms with van der Waals surface area (Å²) in [5, 5.41) is 7.42. The second kappa shape index (κ2) is 4.06. The highest BCUT2D eigenvalue weighted by atomic mass is 16.4. The third-order valence-corrected chi connectivity index (χ3v) is 0.911. The summed E-state index contributed by atoms with van der Waals surface area (Å²) in [6, 6.07) is 0. The summed E-state index contributed by atoms with van der Waals surface area (Å²) in [5.41, 5.74) is 0. The summed E-state index contributed by atoms with van der Waals surface area (Å²) in [5.74, 6) is -0.398. The van der Waals surface area contributed by atoms with Crippen LogP contribution in [0.15, 0.2) is 0 Å². The zero-order valence-electron chi connectivity index (χ0n) is 5.39. The Morgan fingerprint density at radius 3 is 1.78 bits per heavy atom. The number of carbonyl (C=O) groups is 2. The van der Waals surface area contributed by atoms with E-state index in [0.717, 1.165) is 26.2 Å². The normalized spacial score (nSPS) is 15.0. The minimum atomic E-state index is -0.833. The molecule has 0 saturated heterocycles. The number of aliphatic carboxylic acids is 1. The molecule has 0 aromatic heterocycles. The average Bonchev–Trinajstić information content (AvgIpc) is 1.59. The number of ketones is 1.